The Bertz CT molecular complexity index is 706. The van der Waals surface area contributed by atoms with Gasteiger partial charge in [-0.3, -0.25) is 9.59 Å². The Balaban J connectivity index is 0.00000261. The lowest BCUT2D eigenvalue weighted by Crippen LogP contribution is -2.57. The maximum atomic E-state index is 13.8. The van der Waals surface area contributed by atoms with E-state index in [0.717, 1.165) is 37.8 Å². The van der Waals surface area contributed by atoms with Gasteiger partial charge in [-0.05, 0) is 31.9 Å². The van der Waals surface area contributed by atoms with Crippen molar-refractivity contribution in [2.45, 2.75) is 38.1 Å². The zero-order valence-electron chi connectivity index (χ0n) is 15.4. The van der Waals surface area contributed by atoms with E-state index in [-0.39, 0.29) is 29.8 Å². The fraction of sp³-hybridized carbons (Fsp3) is 0.579. The highest BCUT2D eigenvalue weighted by Gasteiger charge is 2.40. The lowest BCUT2D eigenvalue weighted by Gasteiger charge is -2.42. The first kappa shape index (κ1) is 21.6. The molecule has 1 saturated carbocycles. The molecule has 0 bridgehead atoms. The van der Waals surface area contributed by atoms with Crippen LogP contribution >= 0.6 is 12.4 Å². The molecule has 0 spiro atoms. The predicted molar refractivity (Wildman–Crippen MR) is 101 cm³/mol. The third kappa shape index (κ3) is 4.58. The SMILES string of the molecule is CC1(N)CCCCC1C(=O)N1CCN(C(=O)c2ccc(F)cc2F)CC1.Cl. The van der Waals surface area contributed by atoms with E-state index >= 15 is 0 Å². The molecule has 2 N–H and O–H groups in total. The Morgan fingerprint density at radius 1 is 1.11 bits per heavy atom. The first-order chi connectivity index (χ1) is 12.3. The van der Waals surface area contributed by atoms with E-state index in [1.54, 1.807) is 4.90 Å². The van der Waals surface area contributed by atoms with E-state index in [1.807, 2.05) is 6.92 Å². The van der Waals surface area contributed by atoms with Crippen molar-refractivity contribution >= 4 is 24.2 Å². The van der Waals surface area contributed by atoms with Crippen LogP contribution in [-0.4, -0.2) is 53.3 Å². The summed E-state index contributed by atoms with van der Waals surface area (Å²) < 4.78 is 26.8. The van der Waals surface area contributed by atoms with Crippen molar-refractivity contribution in [1.29, 1.82) is 0 Å². The zero-order chi connectivity index (χ0) is 18.9. The number of nitrogens with zero attached hydrogens (tertiary/aromatic N) is 2. The molecule has 8 heteroatoms. The van der Waals surface area contributed by atoms with Gasteiger partial charge in [0.15, 0.2) is 0 Å². The summed E-state index contributed by atoms with van der Waals surface area (Å²) in [5, 5.41) is 0. The van der Waals surface area contributed by atoms with Gasteiger partial charge in [-0.25, -0.2) is 8.78 Å². The molecule has 1 aromatic carbocycles. The van der Waals surface area contributed by atoms with Gasteiger partial charge in [0.05, 0.1) is 11.5 Å². The predicted octanol–water partition coefficient (Wildman–Crippen LogP) is 2.58. The molecule has 27 heavy (non-hydrogen) atoms. The van der Waals surface area contributed by atoms with E-state index < -0.39 is 23.1 Å². The molecule has 2 atom stereocenters. The van der Waals surface area contributed by atoms with Crippen molar-refractivity contribution in [1.82, 2.24) is 9.80 Å². The second-order valence-corrected chi connectivity index (χ2v) is 7.55. The molecule has 1 saturated heterocycles. The van der Waals surface area contributed by atoms with Crippen LogP contribution in [0.15, 0.2) is 18.2 Å². The number of carbonyl (C=O) groups is 2. The minimum atomic E-state index is -0.866. The number of piperazine rings is 1. The van der Waals surface area contributed by atoms with Crippen molar-refractivity contribution in [3.8, 4) is 0 Å². The van der Waals surface area contributed by atoms with E-state index in [1.165, 1.54) is 4.90 Å². The molecule has 0 aromatic heterocycles. The average Bonchev–Trinajstić information content (AvgIpc) is 2.60. The van der Waals surface area contributed by atoms with Crippen LogP contribution in [0.1, 0.15) is 43.0 Å². The lowest BCUT2D eigenvalue weighted by atomic mass is 9.74. The van der Waals surface area contributed by atoms with Crippen LogP contribution in [0.25, 0.3) is 0 Å². The molecule has 1 heterocycles. The van der Waals surface area contributed by atoms with Crippen molar-refractivity contribution < 1.29 is 18.4 Å². The maximum absolute atomic E-state index is 13.8. The van der Waals surface area contributed by atoms with Crippen molar-refractivity contribution in [3.05, 3.63) is 35.4 Å². The fourth-order valence-electron chi connectivity index (χ4n) is 3.95. The number of benzene rings is 1. The van der Waals surface area contributed by atoms with Gasteiger partial charge in [-0.2, -0.15) is 0 Å². The molecule has 2 aliphatic rings. The molecule has 3 rings (SSSR count). The van der Waals surface area contributed by atoms with Gasteiger partial charge < -0.3 is 15.5 Å². The average molecular weight is 402 g/mol. The van der Waals surface area contributed by atoms with Gasteiger partial charge in [0.25, 0.3) is 5.91 Å². The second kappa shape index (κ2) is 8.52. The van der Waals surface area contributed by atoms with Crippen LogP contribution < -0.4 is 5.73 Å². The Morgan fingerprint density at radius 3 is 2.33 bits per heavy atom. The number of hydrogen-bond donors (Lipinski definition) is 1. The van der Waals surface area contributed by atoms with Crippen LogP contribution in [0.5, 0.6) is 0 Å². The maximum Gasteiger partial charge on any atom is 0.256 e. The minimum Gasteiger partial charge on any atom is -0.339 e. The first-order valence-electron chi connectivity index (χ1n) is 9.11. The molecule has 2 unspecified atom stereocenters. The summed E-state index contributed by atoms with van der Waals surface area (Å²) in [5.74, 6) is -2.19. The van der Waals surface area contributed by atoms with E-state index in [9.17, 15) is 18.4 Å². The smallest absolute Gasteiger partial charge is 0.256 e. The number of amides is 2. The van der Waals surface area contributed by atoms with Gasteiger partial charge in [0.1, 0.15) is 11.6 Å². The van der Waals surface area contributed by atoms with E-state index in [2.05, 4.69) is 0 Å². The highest BCUT2D eigenvalue weighted by molar-refractivity contribution is 5.94. The summed E-state index contributed by atoms with van der Waals surface area (Å²) in [6.45, 7) is 3.40. The van der Waals surface area contributed by atoms with Gasteiger partial charge >= 0.3 is 0 Å². The van der Waals surface area contributed by atoms with Gasteiger partial charge in [0.2, 0.25) is 5.91 Å². The normalized spacial score (nSPS) is 25.7. The molecule has 2 fully saturated rings. The summed E-state index contributed by atoms with van der Waals surface area (Å²) in [5.41, 5.74) is 5.69. The number of halogens is 3. The van der Waals surface area contributed by atoms with Crippen LogP contribution in [-0.2, 0) is 4.79 Å². The summed E-state index contributed by atoms with van der Waals surface area (Å²) in [6, 6.07) is 2.94. The molecule has 1 aromatic rings. The van der Waals surface area contributed by atoms with Gasteiger partial charge in [-0.15, -0.1) is 12.4 Å². The highest BCUT2D eigenvalue weighted by atomic mass is 35.5. The Labute approximate surface area is 164 Å². The molecule has 2 amide bonds. The number of rotatable bonds is 2. The molecule has 5 nitrogen and oxygen atoms in total. The van der Waals surface area contributed by atoms with Crippen LogP contribution in [0.3, 0.4) is 0 Å². The highest BCUT2D eigenvalue weighted by Crippen LogP contribution is 2.33. The van der Waals surface area contributed by atoms with Crippen LogP contribution in [0, 0.1) is 17.6 Å². The molecule has 1 aliphatic carbocycles. The van der Waals surface area contributed by atoms with E-state index in [0.29, 0.717) is 32.2 Å². The molecule has 150 valence electrons. The quantitative estimate of drug-likeness (QED) is 0.828. The monoisotopic (exact) mass is 401 g/mol. The largest absolute Gasteiger partial charge is 0.339 e. The summed E-state index contributed by atoms with van der Waals surface area (Å²) in [6.07, 6.45) is 3.69. The number of hydrogen-bond acceptors (Lipinski definition) is 3. The van der Waals surface area contributed by atoms with Gasteiger partial charge in [-0.1, -0.05) is 12.8 Å². The molecular weight excluding hydrogens is 376 g/mol. The fourth-order valence-corrected chi connectivity index (χ4v) is 3.95. The third-order valence-electron chi connectivity index (χ3n) is 5.59. The Morgan fingerprint density at radius 2 is 1.74 bits per heavy atom. The van der Waals surface area contributed by atoms with Crippen LogP contribution in [0.4, 0.5) is 8.78 Å². The van der Waals surface area contributed by atoms with E-state index in [4.69, 9.17) is 5.73 Å². The minimum absolute atomic E-state index is 0. The summed E-state index contributed by atoms with van der Waals surface area (Å²) >= 11 is 0. The zero-order valence-corrected chi connectivity index (χ0v) is 16.2. The number of nitrogens with two attached hydrogens (primary N) is 1. The van der Waals surface area contributed by atoms with Crippen molar-refractivity contribution in [2.24, 2.45) is 11.7 Å². The molecule has 0 radical (unpaired) electrons. The third-order valence-corrected chi connectivity index (χ3v) is 5.59. The summed E-state index contributed by atoms with van der Waals surface area (Å²) in [7, 11) is 0. The van der Waals surface area contributed by atoms with Gasteiger partial charge in [0, 0.05) is 37.8 Å². The molecular formula is C19H26ClF2N3O2. The topological polar surface area (TPSA) is 66.6 Å². The van der Waals surface area contributed by atoms with Crippen LogP contribution in [0.2, 0.25) is 0 Å². The summed E-state index contributed by atoms with van der Waals surface area (Å²) in [4.78, 5) is 28.6. The Hall–Kier alpha value is -1.73. The lowest BCUT2D eigenvalue weighted by molar-refractivity contribution is -0.140. The number of carbonyl (C=O) groups excluding carboxylic acids is 2. The molecule has 1 aliphatic heterocycles. The first-order valence-corrected chi connectivity index (χ1v) is 9.11. The van der Waals surface area contributed by atoms with Crippen molar-refractivity contribution in [3.63, 3.8) is 0 Å². The Kier molecular flexibility index (Phi) is 6.81. The van der Waals surface area contributed by atoms with Crippen molar-refractivity contribution in [2.75, 3.05) is 26.2 Å². The second-order valence-electron chi connectivity index (χ2n) is 7.55. The standard InChI is InChI=1S/C19H25F2N3O2.ClH/c1-19(22)7-3-2-4-15(19)18(26)24-10-8-23(9-11-24)17(25)14-6-5-13(20)12-16(14)21;/h5-6,12,15H,2-4,7-11,22H2,1H3;1H.